The maximum atomic E-state index is 13.3. The van der Waals surface area contributed by atoms with E-state index in [4.69, 9.17) is 4.52 Å². The van der Waals surface area contributed by atoms with Crippen molar-refractivity contribution in [1.29, 1.82) is 0 Å². The summed E-state index contributed by atoms with van der Waals surface area (Å²) < 4.78 is 5.52. The molecule has 0 N–H and O–H groups in total. The van der Waals surface area contributed by atoms with E-state index < -0.39 is 0 Å². The van der Waals surface area contributed by atoms with Gasteiger partial charge >= 0.3 is 0 Å². The second-order valence-electron chi connectivity index (χ2n) is 6.71. The van der Waals surface area contributed by atoms with Gasteiger partial charge in [-0.2, -0.15) is 4.98 Å². The normalized spacial score (nSPS) is 16.6. The van der Waals surface area contributed by atoms with E-state index in [1.807, 2.05) is 42.5 Å². The van der Waals surface area contributed by atoms with E-state index in [1.165, 1.54) is 0 Å². The summed E-state index contributed by atoms with van der Waals surface area (Å²) in [6.45, 7) is 0.642. The zero-order valence-electron chi connectivity index (χ0n) is 15.0. The lowest BCUT2D eigenvalue weighted by molar-refractivity contribution is 0.0712. The van der Waals surface area contributed by atoms with Gasteiger partial charge in [0, 0.05) is 24.5 Å². The second-order valence-corrected chi connectivity index (χ2v) is 6.71. The van der Waals surface area contributed by atoms with Gasteiger partial charge in [0.2, 0.25) is 11.7 Å². The molecule has 2 aromatic heterocycles. The highest BCUT2D eigenvalue weighted by Gasteiger charge is 2.35. The molecular formula is C21H17N5O2. The Morgan fingerprint density at radius 3 is 2.79 bits per heavy atom. The van der Waals surface area contributed by atoms with Crippen LogP contribution in [0.4, 0.5) is 0 Å². The predicted octanol–water partition coefficient (Wildman–Crippen LogP) is 3.66. The molecule has 2 aromatic carbocycles. The van der Waals surface area contributed by atoms with E-state index in [0.717, 1.165) is 18.4 Å². The van der Waals surface area contributed by atoms with Crippen LogP contribution in [0.2, 0.25) is 0 Å². The standard InChI is InChI=1S/C21H17N5O2/c27-21(15-8-4-9-16-18(15)23-12-11-22-16)26-13-5-10-17(26)20-24-19(25-28-20)14-6-2-1-3-7-14/h1-4,6-9,11-12,17H,5,10,13H2/t17-/m0/s1. The molecule has 1 aliphatic heterocycles. The minimum atomic E-state index is -0.232. The van der Waals surface area contributed by atoms with E-state index in [0.29, 0.717) is 34.9 Å². The summed E-state index contributed by atoms with van der Waals surface area (Å²) in [4.78, 5) is 28.3. The number of likely N-dealkylation sites (tertiary alicyclic amines) is 1. The van der Waals surface area contributed by atoms with Crippen molar-refractivity contribution in [2.75, 3.05) is 6.54 Å². The molecular weight excluding hydrogens is 354 g/mol. The molecule has 138 valence electrons. The molecule has 7 nitrogen and oxygen atoms in total. The molecule has 1 atom stereocenters. The van der Waals surface area contributed by atoms with Gasteiger partial charge in [-0.05, 0) is 25.0 Å². The van der Waals surface area contributed by atoms with E-state index in [-0.39, 0.29) is 11.9 Å². The molecule has 3 heterocycles. The number of para-hydroxylation sites is 1. The molecule has 1 saturated heterocycles. The summed E-state index contributed by atoms with van der Waals surface area (Å²) in [5.41, 5.74) is 2.74. The SMILES string of the molecule is O=C(c1cccc2nccnc12)N1CCC[C@H]1c1nc(-c2ccccc2)no1. The minimum absolute atomic E-state index is 0.0898. The fraction of sp³-hybridized carbons (Fsp3) is 0.190. The molecule has 1 amide bonds. The monoisotopic (exact) mass is 371 g/mol. The van der Waals surface area contributed by atoms with Crippen molar-refractivity contribution in [3.05, 3.63) is 72.4 Å². The van der Waals surface area contributed by atoms with Gasteiger partial charge in [0.1, 0.15) is 11.6 Å². The second kappa shape index (κ2) is 6.84. The first-order valence-electron chi connectivity index (χ1n) is 9.21. The Morgan fingerprint density at radius 1 is 1.04 bits per heavy atom. The zero-order chi connectivity index (χ0) is 18.9. The van der Waals surface area contributed by atoms with Crippen LogP contribution >= 0.6 is 0 Å². The Balaban J connectivity index is 1.47. The molecule has 0 aliphatic carbocycles. The summed E-state index contributed by atoms with van der Waals surface area (Å²) in [6, 6.07) is 14.9. The molecule has 0 unspecified atom stereocenters. The Labute approximate surface area is 161 Å². The lowest BCUT2D eigenvalue weighted by Crippen LogP contribution is -2.31. The van der Waals surface area contributed by atoms with Gasteiger partial charge < -0.3 is 9.42 Å². The number of hydrogen-bond acceptors (Lipinski definition) is 6. The third-order valence-corrected chi connectivity index (χ3v) is 5.00. The van der Waals surface area contributed by atoms with Crippen LogP contribution in [-0.2, 0) is 0 Å². The Morgan fingerprint density at radius 2 is 1.89 bits per heavy atom. The van der Waals surface area contributed by atoms with Crippen LogP contribution in [0.15, 0.2) is 65.4 Å². The lowest BCUT2D eigenvalue weighted by Gasteiger charge is -2.22. The van der Waals surface area contributed by atoms with Crippen molar-refractivity contribution in [3.8, 4) is 11.4 Å². The van der Waals surface area contributed by atoms with Crippen LogP contribution in [0.25, 0.3) is 22.4 Å². The van der Waals surface area contributed by atoms with E-state index in [2.05, 4.69) is 20.1 Å². The van der Waals surface area contributed by atoms with Crippen LogP contribution < -0.4 is 0 Å². The van der Waals surface area contributed by atoms with Gasteiger partial charge in [-0.1, -0.05) is 41.6 Å². The molecule has 1 fully saturated rings. The summed E-state index contributed by atoms with van der Waals surface area (Å²) in [5, 5.41) is 4.10. The molecule has 28 heavy (non-hydrogen) atoms. The minimum Gasteiger partial charge on any atom is -0.337 e. The largest absolute Gasteiger partial charge is 0.337 e. The number of amides is 1. The first-order chi connectivity index (χ1) is 13.8. The molecule has 5 rings (SSSR count). The van der Waals surface area contributed by atoms with Gasteiger partial charge in [0.05, 0.1) is 11.1 Å². The highest BCUT2D eigenvalue weighted by molar-refractivity contribution is 6.04. The highest BCUT2D eigenvalue weighted by Crippen LogP contribution is 2.34. The average Bonchev–Trinajstić information content (AvgIpc) is 3.43. The average molecular weight is 371 g/mol. The number of carbonyl (C=O) groups excluding carboxylic acids is 1. The number of carbonyl (C=O) groups is 1. The first-order valence-corrected chi connectivity index (χ1v) is 9.21. The van der Waals surface area contributed by atoms with Gasteiger partial charge in [0.25, 0.3) is 5.91 Å². The quantitative estimate of drug-likeness (QED) is 0.546. The van der Waals surface area contributed by atoms with Crippen molar-refractivity contribution in [1.82, 2.24) is 25.0 Å². The number of aromatic nitrogens is 4. The summed E-state index contributed by atoms with van der Waals surface area (Å²) in [7, 11) is 0. The molecule has 7 heteroatoms. The third kappa shape index (κ3) is 2.81. The summed E-state index contributed by atoms with van der Waals surface area (Å²) in [5.74, 6) is 0.912. The Kier molecular flexibility index (Phi) is 4.05. The first kappa shape index (κ1) is 16.6. The fourth-order valence-electron chi connectivity index (χ4n) is 3.66. The zero-order valence-corrected chi connectivity index (χ0v) is 15.0. The van der Waals surface area contributed by atoms with E-state index in [1.54, 1.807) is 23.4 Å². The predicted molar refractivity (Wildman–Crippen MR) is 102 cm³/mol. The van der Waals surface area contributed by atoms with Crippen molar-refractivity contribution in [2.45, 2.75) is 18.9 Å². The van der Waals surface area contributed by atoms with Gasteiger partial charge in [-0.3, -0.25) is 14.8 Å². The molecule has 4 aromatic rings. The van der Waals surface area contributed by atoms with Crippen LogP contribution in [0.1, 0.15) is 35.1 Å². The Bertz CT molecular complexity index is 1140. The van der Waals surface area contributed by atoms with Crippen molar-refractivity contribution >= 4 is 16.9 Å². The van der Waals surface area contributed by atoms with Crippen molar-refractivity contribution < 1.29 is 9.32 Å². The van der Waals surface area contributed by atoms with Gasteiger partial charge in [-0.15, -0.1) is 0 Å². The van der Waals surface area contributed by atoms with Crippen LogP contribution in [0, 0.1) is 0 Å². The molecule has 0 radical (unpaired) electrons. The Hall–Kier alpha value is -3.61. The number of fused-ring (bicyclic) bond motifs is 1. The van der Waals surface area contributed by atoms with Crippen LogP contribution in [0.5, 0.6) is 0 Å². The van der Waals surface area contributed by atoms with E-state index in [9.17, 15) is 4.79 Å². The molecule has 0 spiro atoms. The number of nitrogens with zero attached hydrogens (tertiary/aromatic N) is 5. The van der Waals surface area contributed by atoms with E-state index >= 15 is 0 Å². The van der Waals surface area contributed by atoms with Crippen molar-refractivity contribution in [2.24, 2.45) is 0 Å². The topological polar surface area (TPSA) is 85.0 Å². The number of hydrogen-bond donors (Lipinski definition) is 0. The maximum Gasteiger partial charge on any atom is 0.256 e. The number of benzene rings is 2. The molecule has 0 saturated carbocycles. The molecule has 0 bridgehead atoms. The maximum absolute atomic E-state index is 13.3. The summed E-state index contributed by atoms with van der Waals surface area (Å²) in [6.07, 6.45) is 4.90. The lowest BCUT2D eigenvalue weighted by atomic mass is 10.1. The van der Waals surface area contributed by atoms with Gasteiger partial charge in [-0.25, -0.2) is 0 Å². The van der Waals surface area contributed by atoms with Crippen molar-refractivity contribution in [3.63, 3.8) is 0 Å². The smallest absolute Gasteiger partial charge is 0.256 e. The third-order valence-electron chi connectivity index (χ3n) is 5.00. The molecule has 1 aliphatic rings. The van der Waals surface area contributed by atoms with Crippen LogP contribution in [0.3, 0.4) is 0 Å². The number of rotatable bonds is 3. The highest BCUT2D eigenvalue weighted by atomic mass is 16.5. The van der Waals surface area contributed by atoms with Crippen LogP contribution in [-0.4, -0.2) is 37.5 Å². The fourth-order valence-corrected chi connectivity index (χ4v) is 3.66. The van der Waals surface area contributed by atoms with Gasteiger partial charge in [0.15, 0.2) is 0 Å². The summed E-state index contributed by atoms with van der Waals surface area (Å²) >= 11 is 0.